The predicted octanol–water partition coefficient (Wildman–Crippen LogP) is -0.552. The van der Waals surface area contributed by atoms with E-state index in [4.69, 9.17) is 9.47 Å². The normalized spacial score (nSPS) is 28.6. The predicted molar refractivity (Wildman–Crippen MR) is 76.6 cm³/mol. The smallest absolute Gasteiger partial charge is 0.250 e. The van der Waals surface area contributed by atoms with E-state index in [1.165, 1.54) is 0 Å². The maximum Gasteiger partial charge on any atom is 0.250 e. The Hall–Kier alpha value is -0.690. The van der Waals surface area contributed by atoms with Crippen LogP contribution in [0, 0.1) is 5.92 Å². The van der Waals surface area contributed by atoms with E-state index < -0.39 is 0 Å². The number of hydrogen-bond acceptors (Lipinski definition) is 5. The highest BCUT2D eigenvalue weighted by molar-refractivity contribution is 5.81. The molecule has 2 unspecified atom stereocenters. The molecule has 0 saturated carbocycles. The Morgan fingerprint density at radius 1 is 1.40 bits per heavy atom. The second kappa shape index (κ2) is 7.93. The monoisotopic (exact) mass is 285 g/mol. The number of nitrogens with one attached hydrogen (secondary N) is 2. The Morgan fingerprint density at radius 3 is 2.95 bits per heavy atom. The molecule has 2 fully saturated rings. The zero-order chi connectivity index (χ0) is 14.4. The first-order chi connectivity index (χ1) is 9.65. The lowest BCUT2D eigenvalue weighted by molar-refractivity contribution is -0.135. The molecule has 2 atom stereocenters. The molecule has 0 aromatic rings. The Morgan fingerprint density at radius 2 is 2.25 bits per heavy atom. The molecule has 6 heteroatoms. The van der Waals surface area contributed by atoms with Crippen molar-refractivity contribution in [3.63, 3.8) is 0 Å². The van der Waals surface area contributed by atoms with Gasteiger partial charge in [-0.15, -0.1) is 0 Å². The van der Waals surface area contributed by atoms with Gasteiger partial charge in [0, 0.05) is 39.3 Å². The molecule has 0 spiro atoms. The van der Waals surface area contributed by atoms with Gasteiger partial charge in [-0.25, -0.2) is 0 Å². The summed E-state index contributed by atoms with van der Waals surface area (Å²) in [4.78, 5) is 14.4. The third-order valence-electron chi connectivity index (χ3n) is 3.57. The molecule has 20 heavy (non-hydrogen) atoms. The molecule has 1 amide bonds. The van der Waals surface area contributed by atoms with Crippen LogP contribution in [0.2, 0.25) is 0 Å². The summed E-state index contributed by atoms with van der Waals surface area (Å²) in [5.41, 5.74) is 0. The summed E-state index contributed by atoms with van der Waals surface area (Å²) in [6, 6.07) is 0. The Kier molecular flexibility index (Phi) is 6.22. The number of hydrogen-bond donors (Lipinski definition) is 2. The first kappa shape index (κ1) is 15.7. The summed E-state index contributed by atoms with van der Waals surface area (Å²) in [6.45, 7) is 10.7. The van der Waals surface area contributed by atoms with Crippen molar-refractivity contribution in [3.8, 4) is 0 Å². The molecule has 2 aliphatic rings. The van der Waals surface area contributed by atoms with E-state index in [0.29, 0.717) is 25.6 Å². The van der Waals surface area contributed by atoms with Crippen molar-refractivity contribution in [1.29, 1.82) is 0 Å². The largest absolute Gasteiger partial charge is 0.374 e. The highest BCUT2D eigenvalue weighted by atomic mass is 16.5. The fourth-order valence-corrected chi connectivity index (χ4v) is 2.65. The van der Waals surface area contributed by atoms with Crippen LogP contribution in [0.5, 0.6) is 0 Å². The van der Waals surface area contributed by atoms with Crippen molar-refractivity contribution >= 4 is 5.91 Å². The van der Waals surface area contributed by atoms with Gasteiger partial charge < -0.3 is 20.1 Å². The number of morpholine rings is 2. The summed E-state index contributed by atoms with van der Waals surface area (Å²) < 4.78 is 11.1. The quantitative estimate of drug-likeness (QED) is 0.709. The van der Waals surface area contributed by atoms with Gasteiger partial charge in [-0.3, -0.25) is 9.69 Å². The van der Waals surface area contributed by atoms with E-state index >= 15 is 0 Å². The lowest BCUT2D eigenvalue weighted by Crippen LogP contribution is -2.52. The number of carbonyl (C=O) groups is 1. The topological polar surface area (TPSA) is 62.8 Å². The van der Waals surface area contributed by atoms with Gasteiger partial charge in [0.2, 0.25) is 0 Å². The highest BCUT2D eigenvalue weighted by Crippen LogP contribution is 2.07. The van der Waals surface area contributed by atoms with Gasteiger partial charge in [0.25, 0.3) is 5.91 Å². The molecule has 2 rings (SSSR count). The van der Waals surface area contributed by atoms with Gasteiger partial charge in [-0.1, -0.05) is 13.8 Å². The van der Waals surface area contributed by atoms with Crippen LogP contribution in [0.1, 0.15) is 13.8 Å². The SMILES string of the molecule is CC(C)CN1CCOC(CNC(=O)C2CNCCO2)C1. The maximum absolute atomic E-state index is 12.0. The van der Waals surface area contributed by atoms with Crippen LogP contribution in [0.15, 0.2) is 0 Å². The molecule has 2 N–H and O–H groups in total. The number of amides is 1. The van der Waals surface area contributed by atoms with Crippen molar-refractivity contribution in [2.24, 2.45) is 5.92 Å². The molecule has 0 aromatic heterocycles. The fraction of sp³-hybridized carbons (Fsp3) is 0.929. The molecule has 2 aliphatic heterocycles. The maximum atomic E-state index is 12.0. The summed E-state index contributed by atoms with van der Waals surface area (Å²) in [5.74, 6) is 0.617. The molecular formula is C14H27N3O3. The third kappa shape index (κ3) is 5.01. The minimum Gasteiger partial charge on any atom is -0.374 e. The van der Waals surface area contributed by atoms with E-state index in [1.54, 1.807) is 0 Å². The molecule has 0 aromatic carbocycles. The molecule has 0 aliphatic carbocycles. The number of rotatable bonds is 5. The lowest BCUT2D eigenvalue weighted by Gasteiger charge is -2.34. The van der Waals surface area contributed by atoms with E-state index in [-0.39, 0.29) is 18.1 Å². The molecule has 2 saturated heterocycles. The second-order valence-corrected chi connectivity index (χ2v) is 5.95. The van der Waals surface area contributed by atoms with Crippen LogP contribution in [0.3, 0.4) is 0 Å². The van der Waals surface area contributed by atoms with Crippen LogP contribution in [0.25, 0.3) is 0 Å². The Balaban J connectivity index is 1.68. The van der Waals surface area contributed by atoms with Crippen LogP contribution < -0.4 is 10.6 Å². The second-order valence-electron chi connectivity index (χ2n) is 5.95. The number of carbonyl (C=O) groups excluding carboxylic acids is 1. The summed E-state index contributed by atoms with van der Waals surface area (Å²) in [5, 5.41) is 6.10. The van der Waals surface area contributed by atoms with Gasteiger partial charge in [-0.05, 0) is 5.92 Å². The van der Waals surface area contributed by atoms with Gasteiger partial charge in [0.05, 0.1) is 19.3 Å². The summed E-state index contributed by atoms with van der Waals surface area (Å²) >= 11 is 0. The average molecular weight is 285 g/mol. The van der Waals surface area contributed by atoms with Crippen molar-refractivity contribution < 1.29 is 14.3 Å². The van der Waals surface area contributed by atoms with Gasteiger partial charge >= 0.3 is 0 Å². The zero-order valence-electron chi connectivity index (χ0n) is 12.6. The molecule has 0 radical (unpaired) electrons. The van der Waals surface area contributed by atoms with Crippen LogP contribution in [-0.4, -0.2) is 75.5 Å². The summed E-state index contributed by atoms with van der Waals surface area (Å²) in [7, 11) is 0. The first-order valence-electron chi connectivity index (χ1n) is 7.59. The summed E-state index contributed by atoms with van der Waals surface area (Å²) in [6.07, 6.45) is -0.276. The number of nitrogens with zero attached hydrogens (tertiary/aromatic N) is 1. The Labute approximate surface area is 121 Å². The zero-order valence-corrected chi connectivity index (χ0v) is 12.6. The molecular weight excluding hydrogens is 258 g/mol. The minimum absolute atomic E-state index is 0.0400. The molecule has 0 bridgehead atoms. The minimum atomic E-state index is -0.362. The van der Waals surface area contributed by atoms with Crippen molar-refractivity contribution in [2.75, 3.05) is 52.5 Å². The van der Waals surface area contributed by atoms with Gasteiger partial charge in [0.1, 0.15) is 6.10 Å². The van der Waals surface area contributed by atoms with Crippen LogP contribution in [0.4, 0.5) is 0 Å². The van der Waals surface area contributed by atoms with Crippen LogP contribution in [-0.2, 0) is 14.3 Å². The lowest BCUT2D eigenvalue weighted by atomic mass is 10.2. The molecule has 116 valence electrons. The van der Waals surface area contributed by atoms with Crippen molar-refractivity contribution in [1.82, 2.24) is 15.5 Å². The van der Waals surface area contributed by atoms with E-state index in [1.807, 2.05) is 0 Å². The number of ether oxygens (including phenoxy) is 2. The average Bonchev–Trinajstić information content (AvgIpc) is 2.45. The highest BCUT2D eigenvalue weighted by Gasteiger charge is 2.25. The fourth-order valence-electron chi connectivity index (χ4n) is 2.65. The van der Waals surface area contributed by atoms with E-state index in [2.05, 4.69) is 29.4 Å². The molecule has 6 nitrogen and oxygen atoms in total. The first-order valence-corrected chi connectivity index (χ1v) is 7.59. The third-order valence-corrected chi connectivity index (χ3v) is 3.57. The molecule has 2 heterocycles. The van der Waals surface area contributed by atoms with Gasteiger partial charge in [-0.2, -0.15) is 0 Å². The van der Waals surface area contributed by atoms with Crippen molar-refractivity contribution in [2.45, 2.75) is 26.1 Å². The van der Waals surface area contributed by atoms with Crippen LogP contribution >= 0.6 is 0 Å². The Bertz CT molecular complexity index is 306. The van der Waals surface area contributed by atoms with E-state index in [9.17, 15) is 4.79 Å². The van der Waals surface area contributed by atoms with Gasteiger partial charge in [0.15, 0.2) is 0 Å². The van der Waals surface area contributed by atoms with Crippen molar-refractivity contribution in [3.05, 3.63) is 0 Å². The van der Waals surface area contributed by atoms with E-state index in [0.717, 1.165) is 32.8 Å². The standard InChI is InChI=1S/C14H27N3O3/c1-11(2)9-17-4-6-19-12(10-17)7-16-14(18)13-8-15-3-5-20-13/h11-13,15H,3-10H2,1-2H3,(H,16,18).